The molecule has 6 nitrogen and oxygen atoms in total. The van der Waals surface area contributed by atoms with Crippen LogP contribution in [0.25, 0.3) is 0 Å². The number of carbonyl (C=O) groups excluding carboxylic acids is 2. The zero-order valence-corrected chi connectivity index (χ0v) is 14.6. The lowest BCUT2D eigenvalue weighted by molar-refractivity contribution is -0.123. The van der Waals surface area contributed by atoms with Crippen LogP contribution in [-0.4, -0.2) is 29.5 Å². The maximum absolute atomic E-state index is 12.3. The van der Waals surface area contributed by atoms with Gasteiger partial charge in [-0.05, 0) is 36.2 Å². The largest absolute Gasteiger partial charge is 0.405 e. The van der Waals surface area contributed by atoms with E-state index in [-0.39, 0.29) is 17.0 Å². The number of pyridine rings is 1. The predicted octanol–water partition coefficient (Wildman–Crippen LogP) is 3.04. The molecule has 2 aromatic rings. The van der Waals surface area contributed by atoms with Crippen LogP contribution in [0.3, 0.4) is 0 Å². The molecule has 27 heavy (non-hydrogen) atoms. The SMILES string of the molecule is CC(C)c1cc(C(=O)Nc2ccc(C(=O)NCC(F)(F)F)cc2)cc(=O)[nH]1. The molecule has 0 saturated carbocycles. The van der Waals surface area contributed by atoms with E-state index in [0.29, 0.717) is 11.4 Å². The quantitative estimate of drug-likeness (QED) is 0.744. The monoisotopic (exact) mass is 381 g/mol. The third-order valence-electron chi connectivity index (χ3n) is 3.60. The van der Waals surface area contributed by atoms with E-state index in [2.05, 4.69) is 10.3 Å². The highest BCUT2D eigenvalue weighted by molar-refractivity contribution is 6.04. The number of rotatable bonds is 5. The number of nitrogens with one attached hydrogen (secondary N) is 3. The van der Waals surface area contributed by atoms with Crippen molar-refractivity contribution in [3.63, 3.8) is 0 Å². The average Bonchev–Trinajstić information content (AvgIpc) is 2.59. The lowest BCUT2D eigenvalue weighted by Crippen LogP contribution is -2.33. The molecule has 0 aliphatic rings. The molecule has 0 aliphatic heterocycles. The summed E-state index contributed by atoms with van der Waals surface area (Å²) in [5, 5.41) is 4.33. The standard InChI is InChI=1S/C18H18F3N3O3/c1-10(2)14-7-12(8-15(25)24-14)17(27)23-13-5-3-11(4-6-13)16(26)22-9-18(19,20)21/h3-8,10H,9H2,1-2H3,(H,22,26)(H,23,27)(H,24,25). The van der Waals surface area contributed by atoms with Gasteiger partial charge in [0.25, 0.3) is 11.8 Å². The number of halogens is 3. The predicted molar refractivity (Wildman–Crippen MR) is 93.9 cm³/mol. The first-order valence-corrected chi connectivity index (χ1v) is 8.06. The minimum Gasteiger partial charge on any atom is -0.343 e. The average molecular weight is 381 g/mol. The normalized spacial score (nSPS) is 11.3. The number of anilines is 1. The molecule has 0 spiro atoms. The van der Waals surface area contributed by atoms with Gasteiger partial charge < -0.3 is 15.6 Å². The van der Waals surface area contributed by atoms with Gasteiger partial charge in [-0.2, -0.15) is 13.2 Å². The minimum atomic E-state index is -4.49. The van der Waals surface area contributed by atoms with E-state index in [9.17, 15) is 27.6 Å². The number of hydrogen-bond acceptors (Lipinski definition) is 3. The molecule has 9 heteroatoms. The highest BCUT2D eigenvalue weighted by atomic mass is 19.4. The van der Waals surface area contributed by atoms with Crippen molar-refractivity contribution in [2.45, 2.75) is 25.9 Å². The Labute approximate surface area is 152 Å². The molecule has 3 N–H and O–H groups in total. The van der Waals surface area contributed by atoms with Crippen LogP contribution in [0.5, 0.6) is 0 Å². The van der Waals surface area contributed by atoms with Gasteiger partial charge in [-0.3, -0.25) is 14.4 Å². The molecule has 1 aromatic heterocycles. The van der Waals surface area contributed by atoms with Gasteiger partial charge in [-0.25, -0.2) is 0 Å². The van der Waals surface area contributed by atoms with E-state index >= 15 is 0 Å². The van der Waals surface area contributed by atoms with Crippen molar-refractivity contribution >= 4 is 17.5 Å². The molecular formula is C18H18F3N3O3. The number of aromatic nitrogens is 1. The maximum Gasteiger partial charge on any atom is 0.405 e. The fraction of sp³-hybridized carbons (Fsp3) is 0.278. The molecule has 1 aromatic carbocycles. The van der Waals surface area contributed by atoms with Crippen molar-refractivity contribution in [2.24, 2.45) is 0 Å². The molecule has 0 bridgehead atoms. The fourth-order valence-corrected chi connectivity index (χ4v) is 2.20. The highest BCUT2D eigenvalue weighted by Crippen LogP contribution is 2.15. The Morgan fingerprint density at radius 2 is 1.67 bits per heavy atom. The molecule has 0 unspecified atom stereocenters. The van der Waals surface area contributed by atoms with Gasteiger partial charge in [-0.1, -0.05) is 13.8 Å². The second-order valence-corrected chi connectivity index (χ2v) is 6.17. The van der Waals surface area contributed by atoms with Gasteiger partial charge in [-0.15, -0.1) is 0 Å². The number of H-pyrrole nitrogens is 1. The van der Waals surface area contributed by atoms with E-state index in [1.807, 2.05) is 13.8 Å². The summed E-state index contributed by atoms with van der Waals surface area (Å²) in [7, 11) is 0. The van der Waals surface area contributed by atoms with Crippen LogP contribution in [0.15, 0.2) is 41.2 Å². The van der Waals surface area contributed by atoms with E-state index in [0.717, 1.165) is 0 Å². The summed E-state index contributed by atoms with van der Waals surface area (Å²) in [6.07, 6.45) is -4.49. The lowest BCUT2D eigenvalue weighted by atomic mass is 10.1. The van der Waals surface area contributed by atoms with E-state index in [1.54, 1.807) is 11.4 Å². The Morgan fingerprint density at radius 3 is 2.22 bits per heavy atom. The first kappa shape index (κ1) is 20.2. The van der Waals surface area contributed by atoms with E-state index in [1.165, 1.54) is 30.3 Å². The minimum absolute atomic E-state index is 0.0236. The van der Waals surface area contributed by atoms with Crippen LogP contribution in [0.4, 0.5) is 18.9 Å². The zero-order valence-electron chi connectivity index (χ0n) is 14.6. The van der Waals surface area contributed by atoms with Gasteiger partial charge in [0.05, 0.1) is 0 Å². The second kappa shape index (κ2) is 8.07. The van der Waals surface area contributed by atoms with Crippen molar-refractivity contribution in [1.82, 2.24) is 10.3 Å². The number of carbonyl (C=O) groups is 2. The van der Waals surface area contributed by atoms with Gasteiger partial charge in [0.1, 0.15) is 6.54 Å². The third-order valence-corrected chi connectivity index (χ3v) is 3.60. The van der Waals surface area contributed by atoms with Crippen LogP contribution in [0, 0.1) is 0 Å². The number of aromatic amines is 1. The summed E-state index contributed by atoms with van der Waals surface area (Å²) in [4.78, 5) is 38.3. The van der Waals surface area contributed by atoms with Crippen molar-refractivity contribution in [3.8, 4) is 0 Å². The van der Waals surface area contributed by atoms with Gasteiger partial charge >= 0.3 is 6.18 Å². The van der Waals surface area contributed by atoms with Crippen molar-refractivity contribution in [2.75, 3.05) is 11.9 Å². The van der Waals surface area contributed by atoms with Crippen LogP contribution in [0.2, 0.25) is 0 Å². The van der Waals surface area contributed by atoms with E-state index < -0.39 is 30.1 Å². The summed E-state index contributed by atoms with van der Waals surface area (Å²) in [6, 6.07) is 8.09. The van der Waals surface area contributed by atoms with Crippen molar-refractivity contribution in [1.29, 1.82) is 0 Å². The number of hydrogen-bond donors (Lipinski definition) is 3. The topological polar surface area (TPSA) is 91.1 Å². The first-order chi connectivity index (χ1) is 12.5. The Kier molecular flexibility index (Phi) is 6.04. The van der Waals surface area contributed by atoms with Gasteiger partial charge in [0.2, 0.25) is 5.56 Å². The smallest absolute Gasteiger partial charge is 0.343 e. The molecule has 0 saturated heterocycles. The van der Waals surface area contributed by atoms with Crippen molar-refractivity contribution in [3.05, 3.63) is 63.6 Å². The van der Waals surface area contributed by atoms with E-state index in [4.69, 9.17) is 0 Å². The second-order valence-electron chi connectivity index (χ2n) is 6.17. The van der Waals surface area contributed by atoms with Gasteiger partial charge in [0.15, 0.2) is 0 Å². The molecule has 0 radical (unpaired) electrons. The molecule has 2 amide bonds. The molecule has 1 heterocycles. The van der Waals surface area contributed by atoms with Crippen LogP contribution >= 0.6 is 0 Å². The summed E-state index contributed by atoms with van der Waals surface area (Å²) in [5.74, 6) is -1.36. The third kappa shape index (κ3) is 5.98. The number of benzene rings is 1. The highest BCUT2D eigenvalue weighted by Gasteiger charge is 2.27. The fourth-order valence-electron chi connectivity index (χ4n) is 2.20. The molecule has 2 rings (SSSR count). The summed E-state index contributed by atoms with van der Waals surface area (Å²) in [6.45, 7) is 2.32. The molecule has 144 valence electrons. The van der Waals surface area contributed by atoms with Crippen molar-refractivity contribution < 1.29 is 22.8 Å². The molecule has 0 atom stereocenters. The lowest BCUT2D eigenvalue weighted by Gasteiger charge is -2.10. The molecular weight excluding hydrogens is 363 g/mol. The summed E-state index contributed by atoms with van der Waals surface area (Å²) < 4.78 is 36.4. The Balaban J connectivity index is 2.07. The Morgan fingerprint density at radius 1 is 1.04 bits per heavy atom. The molecule has 0 aliphatic carbocycles. The number of amides is 2. The molecule has 0 fully saturated rings. The number of alkyl halides is 3. The summed E-state index contributed by atoms with van der Waals surface area (Å²) >= 11 is 0. The van der Waals surface area contributed by atoms with Crippen LogP contribution < -0.4 is 16.2 Å². The van der Waals surface area contributed by atoms with Crippen LogP contribution in [-0.2, 0) is 0 Å². The summed E-state index contributed by atoms with van der Waals surface area (Å²) in [5.41, 5.74) is 0.746. The maximum atomic E-state index is 12.3. The first-order valence-electron chi connectivity index (χ1n) is 8.06. The Hall–Kier alpha value is -3.10. The van der Waals surface area contributed by atoms with Crippen LogP contribution in [0.1, 0.15) is 46.2 Å². The van der Waals surface area contributed by atoms with Gasteiger partial charge in [0, 0.05) is 28.6 Å². The Bertz CT molecular complexity index is 887. The zero-order chi connectivity index (χ0) is 20.2.